The van der Waals surface area contributed by atoms with Gasteiger partial charge in [0.25, 0.3) is 5.91 Å². The van der Waals surface area contributed by atoms with Gasteiger partial charge in [-0.2, -0.15) is 4.31 Å². The van der Waals surface area contributed by atoms with Crippen molar-refractivity contribution in [1.29, 1.82) is 0 Å². The maximum absolute atomic E-state index is 13.3. The predicted molar refractivity (Wildman–Crippen MR) is 92.7 cm³/mol. The van der Waals surface area contributed by atoms with Crippen LogP contribution in [-0.4, -0.2) is 49.9 Å². The zero-order valence-electron chi connectivity index (χ0n) is 14.3. The third-order valence-electron chi connectivity index (χ3n) is 4.18. The molecule has 0 unspecified atom stereocenters. The Morgan fingerprint density at radius 1 is 1.31 bits per heavy atom. The van der Waals surface area contributed by atoms with Crippen molar-refractivity contribution in [2.45, 2.75) is 18.4 Å². The number of sulfonamides is 1. The molecule has 2 aromatic rings. The second-order valence-electron chi connectivity index (χ2n) is 6.03. The predicted octanol–water partition coefficient (Wildman–Crippen LogP) is 1.41. The molecule has 26 heavy (non-hydrogen) atoms. The van der Waals surface area contributed by atoms with Crippen LogP contribution in [0.25, 0.3) is 0 Å². The minimum atomic E-state index is -3.65. The molecule has 3 rings (SSSR count). The molecule has 7 nitrogen and oxygen atoms in total. The third-order valence-corrected chi connectivity index (χ3v) is 6.06. The standard InChI is InChI=1S/C17H20FN3O4S/c1-12-8-13(2-3-15(12)18)10-20-17(22)16-9-14(11-19-16)26(23,24)21-4-6-25-7-5-21/h2-3,8-9,11,19H,4-7,10H2,1H3,(H,20,22). The molecular formula is C17H20FN3O4S. The van der Waals surface area contributed by atoms with E-state index in [1.807, 2.05) is 0 Å². The molecule has 9 heteroatoms. The van der Waals surface area contributed by atoms with E-state index in [-0.39, 0.29) is 23.0 Å². The summed E-state index contributed by atoms with van der Waals surface area (Å²) >= 11 is 0. The molecule has 0 spiro atoms. The average molecular weight is 381 g/mol. The van der Waals surface area contributed by atoms with E-state index in [1.165, 1.54) is 22.6 Å². The maximum atomic E-state index is 13.3. The summed E-state index contributed by atoms with van der Waals surface area (Å²) in [6, 6.07) is 5.90. The summed E-state index contributed by atoms with van der Waals surface area (Å²) in [5.41, 5.74) is 1.40. The van der Waals surface area contributed by atoms with Gasteiger partial charge in [0.05, 0.1) is 13.2 Å². The van der Waals surface area contributed by atoms with Gasteiger partial charge < -0.3 is 15.0 Å². The van der Waals surface area contributed by atoms with Crippen LogP contribution in [0.1, 0.15) is 21.6 Å². The van der Waals surface area contributed by atoms with E-state index in [0.717, 1.165) is 5.56 Å². The molecule has 2 heterocycles. The minimum absolute atomic E-state index is 0.0437. The number of nitrogens with zero attached hydrogens (tertiary/aromatic N) is 1. The van der Waals surface area contributed by atoms with Gasteiger partial charge >= 0.3 is 0 Å². The highest BCUT2D eigenvalue weighted by molar-refractivity contribution is 7.89. The van der Waals surface area contributed by atoms with E-state index in [1.54, 1.807) is 19.1 Å². The van der Waals surface area contributed by atoms with Crippen LogP contribution >= 0.6 is 0 Å². The summed E-state index contributed by atoms with van der Waals surface area (Å²) in [5, 5.41) is 2.69. The van der Waals surface area contributed by atoms with Crippen LogP contribution in [0.5, 0.6) is 0 Å². The molecule has 0 saturated carbocycles. The molecular weight excluding hydrogens is 361 g/mol. The molecule has 2 N–H and O–H groups in total. The van der Waals surface area contributed by atoms with E-state index >= 15 is 0 Å². The molecule has 140 valence electrons. The van der Waals surface area contributed by atoms with Crippen LogP contribution in [0, 0.1) is 12.7 Å². The van der Waals surface area contributed by atoms with Crippen molar-refractivity contribution in [1.82, 2.24) is 14.6 Å². The number of aryl methyl sites for hydroxylation is 1. The molecule has 1 aromatic heterocycles. The highest BCUT2D eigenvalue weighted by Crippen LogP contribution is 2.18. The third kappa shape index (κ3) is 3.95. The number of benzene rings is 1. The molecule has 1 saturated heterocycles. The summed E-state index contributed by atoms with van der Waals surface area (Å²) in [6.45, 7) is 3.15. The molecule has 1 aliphatic heterocycles. The highest BCUT2D eigenvalue weighted by Gasteiger charge is 2.27. The first-order chi connectivity index (χ1) is 12.4. The first-order valence-corrected chi connectivity index (χ1v) is 9.61. The molecule has 1 fully saturated rings. The summed E-state index contributed by atoms with van der Waals surface area (Å²) in [6.07, 6.45) is 1.31. The Morgan fingerprint density at radius 2 is 2.04 bits per heavy atom. The first kappa shape index (κ1) is 18.6. The Morgan fingerprint density at radius 3 is 2.73 bits per heavy atom. The number of aromatic nitrogens is 1. The first-order valence-electron chi connectivity index (χ1n) is 8.17. The minimum Gasteiger partial charge on any atom is -0.379 e. The van der Waals surface area contributed by atoms with Crippen molar-refractivity contribution < 1.29 is 22.3 Å². The zero-order valence-corrected chi connectivity index (χ0v) is 15.1. The number of ether oxygens (including phenoxy) is 1. The van der Waals surface area contributed by atoms with Crippen molar-refractivity contribution in [2.75, 3.05) is 26.3 Å². The Kier molecular flexibility index (Phi) is 5.40. The zero-order chi connectivity index (χ0) is 18.7. The fourth-order valence-corrected chi connectivity index (χ4v) is 4.09. The number of morpholine rings is 1. The van der Waals surface area contributed by atoms with Gasteiger partial charge in [-0.1, -0.05) is 12.1 Å². The normalized spacial score (nSPS) is 15.8. The van der Waals surface area contributed by atoms with E-state index in [0.29, 0.717) is 31.9 Å². The van der Waals surface area contributed by atoms with Crippen LogP contribution in [0.3, 0.4) is 0 Å². The van der Waals surface area contributed by atoms with E-state index in [4.69, 9.17) is 4.74 Å². The van der Waals surface area contributed by atoms with Gasteiger partial charge in [-0.15, -0.1) is 0 Å². The van der Waals surface area contributed by atoms with Crippen molar-refractivity contribution >= 4 is 15.9 Å². The number of carbonyl (C=O) groups excluding carboxylic acids is 1. The number of hydrogen-bond acceptors (Lipinski definition) is 4. The van der Waals surface area contributed by atoms with Crippen LogP contribution in [0.2, 0.25) is 0 Å². The lowest BCUT2D eigenvalue weighted by molar-refractivity contribution is 0.0730. The number of nitrogens with one attached hydrogen (secondary N) is 2. The van der Waals surface area contributed by atoms with Gasteiger partial charge in [0, 0.05) is 25.8 Å². The molecule has 1 aliphatic rings. The second-order valence-corrected chi connectivity index (χ2v) is 7.97. The van der Waals surface area contributed by atoms with Crippen LogP contribution < -0.4 is 5.32 Å². The number of hydrogen-bond donors (Lipinski definition) is 2. The van der Waals surface area contributed by atoms with Gasteiger partial charge in [-0.05, 0) is 30.2 Å². The largest absolute Gasteiger partial charge is 0.379 e. The maximum Gasteiger partial charge on any atom is 0.268 e. The summed E-state index contributed by atoms with van der Waals surface area (Å²) in [4.78, 5) is 15.0. The SMILES string of the molecule is Cc1cc(CNC(=O)c2cc(S(=O)(=O)N3CCOCC3)c[nH]2)ccc1F. The highest BCUT2D eigenvalue weighted by atomic mass is 32.2. The number of aromatic amines is 1. The fourth-order valence-electron chi connectivity index (χ4n) is 2.68. The number of H-pyrrole nitrogens is 1. The summed E-state index contributed by atoms with van der Waals surface area (Å²) in [5.74, 6) is -0.738. The topological polar surface area (TPSA) is 91.5 Å². The van der Waals surface area contributed by atoms with E-state index < -0.39 is 15.9 Å². The summed E-state index contributed by atoms with van der Waals surface area (Å²) < 4.78 is 44.9. The molecule has 0 atom stereocenters. The van der Waals surface area contributed by atoms with E-state index in [2.05, 4.69) is 10.3 Å². The molecule has 1 amide bonds. The van der Waals surface area contributed by atoms with Crippen molar-refractivity contribution in [2.24, 2.45) is 0 Å². The van der Waals surface area contributed by atoms with Crippen molar-refractivity contribution in [3.05, 3.63) is 53.1 Å². The van der Waals surface area contributed by atoms with E-state index in [9.17, 15) is 17.6 Å². The Balaban J connectivity index is 1.66. The number of halogens is 1. The lowest BCUT2D eigenvalue weighted by Gasteiger charge is -2.25. The number of amides is 1. The van der Waals surface area contributed by atoms with Gasteiger partial charge in [0.15, 0.2) is 0 Å². The number of carbonyl (C=O) groups is 1. The second kappa shape index (κ2) is 7.56. The van der Waals surface area contributed by atoms with Gasteiger partial charge in [-0.3, -0.25) is 4.79 Å². The fraction of sp³-hybridized carbons (Fsp3) is 0.353. The quantitative estimate of drug-likeness (QED) is 0.819. The van der Waals surface area contributed by atoms with Gasteiger partial charge in [0.1, 0.15) is 16.4 Å². The average Bonchev–Trinajstić information content (AvgIpc) is 3.14. The molecule has 0 bridgehead atoms. The summed E-state index contributed by atoms with van der Waals surface area (Å²) in [7, 11) is -3.65. The smallest absolute Gasteiger partial charge is 0.268 e. The van der Waals surface area contributed by atoms with Crippen LogP contribution in [-0.2, 0) is 21.3 Å². The molecule has 0 aliphatic carbocycles. The van der Waals surface area contributed by atoms with Gasteiger partial charge in [-0.25, -0.2) is 12.8 Å². The Bertz CT molecular complexity index is 904. The molecule has 0 radical (unpaired) electrons. The van der Waals surface area contributed by atoms with Crippen LogP contribution in [0.4, 0.5) is 4.39 Å². The lowest BCUT2D eigenvalue weighted by atomic mass is 10.1. The molecule has 1 aromatic carbocycles. The van der Waals surface area contributed by atoms with Crippen molar-refractivity contribution in [3.8, 4) is 0 Å². The monoisotopic (exact) mass is 381 g/mol. The van der Waals surface area contributed by atoms with Gasteiger partial charge in [0.2, 0.25) is 10.0 Å². The lowest BCUT2D eigenvalue weighted by Crippen LogP contribution is -2.40. The Labute approximate surface area is 151 Å². The Hall–Kier alpha value is -2.23. The van der Waals surface area contributed by atoms with Crippen LogP contribution in [0.15, 0.2) is 35.4 Å². The number of rotatable bonds is 5. The van der Waals surface area contributed by atoms with Crippen molar-refractivity contribution in [3.63, 3.8) is 0 Å².